The third kappa shape index (κ3) is 3.94. The normalized spacial score (nSPS) is 10.4. The number of nitrogens with one attached hydrogen (secondary N) is 2. The van der Waals surface area contributed by atoms with E-state index in [-0.39, 0.29) is 5.95 Å². The van der Waals surface area contributed by atoms with E-state index in [1.807, 2.05) is 0 Å². The van der Waals surface area contributed by atoms with Crippen LogP contribution in [-0.4, -0.2) is 37.7 Å². The van der Waals surface area contributed by atoms with Crippen molar-refractivity contribution in [1.29, 1.82) is 0 Å². The van der Waals surface area contributed by atoms with Crippen molar-refractivity contribution in [2.24, 2.45) is 0 Å². The summed E-state index contributed by atoms with van der Waals surface area (Å²) in [7, 11) is 0. The Balaban J connectivity index is 1.83. The van der Waals surface area contributed by atoms with Gasteiger partial charge in [-0.25, -0.2) is 19.7 Å². The molecule has 0 aliphatic heterocycles. The van der Waals surface area contributed by atoms with Crippen LogP contribution in [0.2, 0.25) is 0 Å². The predicted octanol–water partition coefficient (Wildman–Crippen LogP) is 1.04. The third-order valence-corrected chi connectivity index (χ3v) is 2.73. The molecule has 0 fully saturated rings. The summed E-state index contributed by atoms with van der Waals surface area (Å²) in [5.41, 5.74) is 7.09. The number of nitrogens with zero attached hydrogens (tertiary/aromatic N) is 3. The fourth-order valence-corrected chi connectivity index (χ4v) is 1.73. The monoisotopic (exact) mass is 276 g/mol. The Hall–Kier alpha value is -2.64. The third-order valence-electron chi connectivity index (χ3n) is 2.73. The second-order valence-corrected chi connectivity index (χ2v) is 4.26. The molecule has 2 heterocycles. The van der Waals surface area contributed by atoms with Gasteiger partial charge in [-0.2, -0.15) is 0 Å². The molecule has 2 aromatic rings. The maximum absolute atomic E-state index is 10.3. The first-order valence-electron chi connectivity index (χ1n) is 6.23. The molecule has 0 atom stereocenters. The Morgan fingerprint density at radius 3 is 2.70 bits per heavy atom. The molecule has 1 amide bonds. The summed E-state index contributed by atoms with van der Waals surface area (Å²) < 4.78 is 0. The molecular weight excluding hydrogens is 260 g/mol. The van der Waals surface area contributed by atoms with Crippen LogP contribution in [0.3, 0.4) is 0 Å². The molecule has 20 heavy (non-hydrogen) atoms. The molecule has 0 spiro atoms. The van der Waals surface area contributed by atoms with Crippen LogP contribution in [0, 0.1) is 0 Å². The number of unbranched alkanes of at least 4 members (excludes halogenated alkanes) is 1. The smallest absolute Gasteiger partial charge is 0.404 e. The molecule has 0 saturated heterocycles. The van der Waals surface area contributed by atoms with Gasteiger partial charge in [-0.3, -0.25) is 0 Å². The Bertz CT molecular complexity index is 566. The lowest BCUT2D eigenvalue weighted by Gasteiger charge is -2.00. The van der Waals surface area contributed by atoms with Gasteiger partial charge in [0.2, 0.25) is 5.95 Å². The number of rotatable bonds is 6. The summed E-state index contributed by atoms with van der Waals surface area (Å²) in [6, 6.07) is 0. The van der Waals surface area contributed by atoms with Gasteiger partial charge in [0.15, 0.2) is 0 Å². The van der Waals surface area contributed by atoms with E-state index in [1.54, 1.807) is 18.6 Å². The number of amides is 1. The molecule has 0 aliphatic carbocycles. The van der Waals surface area contributed by atoms with Crippen LogP contribution in [0.15, 0.2) is 18.6 Å². The molecule has 8 nitrogen and oxygen atoms in total. The molecule has 106 valence electrons. The minimum absolute atomic E-state index is 0.236. The Kier molecular flexibility index (Phi) is 4.48. The first-order valence-corrected chi connectivity index (χ1v) is 6.23. The summed E-state index contributed by atoms with van der Waals surface area (Å²) >= 11 is 0. The van der Waals surface area contributed by atoms with Crippen molar-refractivity contribution in [3.8, 4) is 11.3 Å². The molecule has 0 saturated carbocycles. The van der Waals surface area contributed by atoms with Gasteiger partial charge >= 0.3 is 6.09 Å². The number of anilines is 1. The van der Waals surface area contributed by atoms with E-state index < -0.39 is 6.09 Å². The van der Waals surface area contributed by atoms with Crippen LogP contribution in [-0.2, 0) is 6.42 Å². The molecule has 0 radical (unpaired) electrons. The summed E-state index contributed by atoms with van der Waals surface area (Å²) in [6.45, 7) is 0.453. The highest BCUT2D eigenvalue weighted by molar-refractivity contribution is 5.64. The van der Waals surface area contributed by atoms with Crippen LogP contribution in [0.25, 0.3) is 11.3 Å². The van der Waals surface area contributed by atoms with Crippen LogP contribution < -0.4 is 11.1 Å². The van der Waals surface area contributed by atoms with E-state index in [2.05, 4.69) is 25.3 Å². The van der Waals surface area contributed by atoms with Gasteiger partial charge in [-0.1, -0.05) is 0 Å². The highest BCUT2D eigenvalue weighted by Gasteiger charge is 2.04. The number of imidazole rings is 1. The molecule has 5 N–H and O–H groups in total. The van der Waals surface area contributed by atoms with Crippen molar-refractivity contribution in [2.75, 3.05) is 12.3 Å². The lowest BCUT2D eigenvalue weighted by molar-refractivity contribution is 0.194. The van der Waals surface area contributed by atoms with Crippen LogP contribution in [0.1, 0.15) is 18.7 Å². The number of carboxylic acid groups (broad SMARTS) is 1. The predicted molar refractivity (Wildman–Crippen MR) is 73.0 cm³/mol. The van der Waals surface area contributed by atoms with E-state index in [0.29, 0.717) is 6.54 Å². The van der Waals surface area contributed by atoms with Crippen molar-refractivity contribution < 1.29 is 9.90 Å². The van der Waals surface area contributed by atoms with Crippen LogP contribution in [0.5, 0.6) is 0 Å². The number of nitrogen functional groups attached to an aromatic ring is 1. The quantitative estimate of drug-likeness (QED) is 0.583. The number of hydrogen-bond acceptors (Lipinski definition) is 5. The maximum atomic E-state index is 10.3. The molecule has 0 bridgehead atoms. The Morgan fingerprint density at radius 2 is 2.00 bits per heavy atom. The number of aryl methyl sites for hydroxylation is 1. The van der Waals surface area contributed by atoms with Crippen molar-refractivity contribution in [3.63, 3.8) is 0 Å². The van der Waals surface area contributed by atoms with Gasteiger partial charge < -0.3 is 21.1 Å². The number of nitrogens with two attached hydrogens (primary N) is 1. The summed E-state index contributed by atoms with van der Waals surface area (Å²) in [6.07, 6.45) is 6.39. The first-order chi connectivity index (χ1) is 9.65. The number of H-pyrrole nitrogens is 1. The summed E-state index contributed by atoms with van der Waals surface area (Å²) in [5.74, 6) is 1.09. The zero-order valence-electron chi connectivity index (χ0n) is 10.8. The molecule has 0 aromatic carbocycles. The molecule has 2 rings (SSSR count). The lowest BCUT2D eigenvalue weighted by atomic mass is 10.2. The van der Waals surface area contributed by atoms with Gasteiger partial charge in [0.1, 0.15) is 5.82 Å². The Labute approximate surface area is 115 Å². The minimum atomic E-state index is -0.992. The van der Waals surface area contributed by atoms with E-state index in [4.69, 9.17) is 10.8 Å². The van der Waals surface area contributed by atoms with Crippen LogP contribution >= 0.6 is 0 Å². The van der Waals surface area contributed by atoms with E-state index in [1.165, 1.54) is 0 Å². The molecule has 8 heteroatoms. The summed E-state index contributed by atoms with van der Waals surface area (Å²) in [4.78, 5) is 25.6. The highest BCUT2D eigenvalue weighted by atomic mass is 16.4. The van der Waals surface area contributed by atoms with Gasteiger partial charge in [0, 0.05) is 30.9 Å². The number of hydrogen-bond donors (Lipinski definition) is 4. The van der Waals surface area contributed by atoms with E-state index in [9.17, 15) is 4.79 Å². The first kappa shape index (κ1) is 13.8. The van der Waals surface area contributed by atoms with Gasteiger partial charge in [-0.15, -0.1) is 0 Å². The van der Waals surface area contributed by atoms with Crippen LogP contribution in [0.4, 0.5) is 10.7 Å². The fraction of sp³-hybridized carbons (Fsp3) is 0.333. The minimum Gasteiger partial charge on any atom is -0.465 e. The maximum Gasteiger partial charge on any atom is 0.404 e. The van der Waals surface area contributed by atoms with Crippen molar-refractivity contribution in [2.45, 2.75) is 19.3 Å². The van der Waals surface area contributed by atoms with Gasteiger partial charge in [0.05, 0.1) is 11.9 Å². The topological polar surface area (TPSA) is 130 Å². The number of aromatic nitrogens is 4. The van der Waals surface area contributed by atoms with Crippen molar-refractivity contribution >= 4 is 12.0 Å². The SMILES string of the molecule is Nc1ncc(-c2cnc(CCCCNC(=O)O)[nH]2)cn1. The molecule has 2 aromatic heterocycles. The van der Waals surface area contributed by atoms with E-state index >= 15 is 0 Å². The lowest BCUT2D eigenvalue weighted by Crippen LogP contribution is -2.21. The van der Waals surface area contributed by atoms with E-state index in [0.717, 1.165) is 36.3 Å². The standard InChI is InChI=1S/C12H16N6O2/c13-11-16-5-8(6-17-11)9-7-15-10(18-9)3-1-2-4-14-12(19)20/h5-7,14H,1-4H2,(H,15,18)(H,19,20)(H2,13,16,17). The average molecular weight is 276 g/mol. The number of aromatic amines is 1. The van der Waals surface area contributed by atoms with Gasteiger partial charge in [0.25, 0.3) is 0 Å². The van der Waals surface area contributed by atoms with Crippen molar-refractivity contribution in [1.82, 2.24) is 25.3 Å². The number of carbonyl (C=O) groups is 1. The summed E-state index contributed by atoms with van der Waals surface area (Å²) in [5, 5.41) is 10.8. The average Bonchev–Trinajstić information content (AvgIpc) is 2.87. The molecule has 0 unspecified atom stereocenters. The molecular formula is C12H16N6O2. The van der Waals surface area contributed by atoms with Crippen molar-refractivity contribution in [3.05, 3.63) is 24.4 Å². The highest BCUT2D eigenvalue weighted by Crippen LogP contribution is 2.15. The largest absolute Gasteiger partial charge is 0.465 e. The van der Waals surface area contributed by atoms with Gasteiger partial charge in [-0.05, 0) is 12.8 Å². The zero-order chi connectivity index (χ0) is 14.4. The molecule has 0 aliphatic rings. The fourth-order valence-electron chi connectivity index (χ4n) is 1.73. The second kappa shape index (κ2) is 6.50. The Morgan fingerprint density at radius 1 is 1.25 bits per heavy atom. The zero-order valence-corrected chi connectivity index (χ0v) is 10.8. The second-order valence-electron chi connectivity index (χ2n) is 4.26.